The van der Waals surface area contributed by atoms with Crippen molar-refractivity contribution in [2.75, 3.05) is 24.7 Å². The summed E-state index contributed by atoms with van der Waals surface area (Å²) in [6.07, 6.45) is -2.26. The van der Waals surface area contributed by atoms with Crippen molar-refractivity contribution in [1.82, 2.24) is 4.98 Å². The summed E-state index contributed by atoms with van der Waals surface area (Å²) in [5, 5.41) is 0.670. The number of H-pyrrole nitrogens is 1. The summed E-state index contributed by atoms with van der Waals surface area (Å²) in [4.78, 5) is 30.1. The van der Waals surface area contributed by atoms with Gasteiger partial charge in [-0.25, -0.2) is 0 Å². The molecule has 0 radical (unpaired) electrons. The van der Waals surface area contributed by atoms with Crippen LogP contribution in [0.3, 0.4) is 0 Å². The topological polar surface area (TPSA) is 62.4 Å². The molecule has 0 atom stereocenters. The smallest absolute Gasteiger partial charge is 0.381 e. The minimum Gasteiger partial charge on any atom is -0.381 e. The number of fused-ring (bicyclic) bond motifs is 1. The Hall–Kier alpha value is -3.13. The lowest BCUT2D eigenvalue weighted by molar-refractivity contribution is -0.137. The van der Waals surface area contributed by atoms with Gasteiger partial charge in [-0.1, -0.05) is 24.3 Å². The molecule has 0 unspecified atom stereocenters. The van der Waals surface area contributed by atoms with Gasteiger partial charge in [0.1, 0.15) is 5.56 Å². The lowest BCUT2D eigenvalue weighted by Gasteiger charge is -2.28. The Morgan fingerprint density at radius 3 is 2.56 bits per heavy atom. The molecule has 1 aromatic heterocycles. The molecule has 168 valence electrons. The van der Waals surface area contributed by atoms with Crippen LogP contribution < -0.4 is 10.5 Å². The second-order valence-electron chi connectivity index (χ2n) is 7.95. The van der Waals surface area contributed by atoms with Crippen LogP contribution in [0.25, 0.3) is 10.9 Å². The van der Waals surface area contributed by atoms with Crippen LogP contribution in [0, 0.1) is 5.92 Å². The number of nitrogens with zero attached hydrogens (tertiary/aromatic N) is 1. The molecule has 1 aliphatic heterocycles. The van der Waals surface area contributed by atoms with Gasteiger partial charge >= 0.3 is 6.18 Å². The van der Waals surface area contributed by atoms with Crippen LogP contribution in [0.4, 0.5) is 18.9 Å². The number of pyridine rings is 1. The highest BCUT2D eigenvalue weighted by Crippen LogP contribution is 2.32. The molecule has 1 amide bonds. The Morgan fingerprint density at radius 1 is 1.06 bits per heavy atom. The van der Waals surface area contributed by atoms with E-state index in [9.17, 15) is 22.8 Å². The third kappa shape index (κ3) is 4.85. The van der Waals surface area contributed by atoms with Crippen LogP contribution in [0.1, 0.15) is 35.2 Å². The minimum absolute atomic E-state index is 0.104. The number of hydrogen-bond donors (Lipinski definition) is 1. The predicted molar refractivity (Wildman–Crippen MR) is 116 cm³/mol. The third-order valence-corrected chi connectivity index (χ3v) is 5.82. The molecule has 2 aromatic carbocycles. The molecular weight excluding hydrogens is 421 g/mol. The van der Waals surface area contributed by atoms with Gasteiger partial charge in [-0.05, 0) is 60.9 Å². The third-order valence-electron chi connectivity index (χ3n) is 5.82. The molecule has 4 rings (SSSR count). The SMILES string of the molecule is O=C(c1cc2ccccc2[nH]c1=O)N(CCC1CCOCC1)c1cccc(C(F)(F)F)c1. The van der Waals surface area contributed by atoms with Gasteiger partial charge in [0.15, 0.2) is 0 Å². The van der Waals surface area contributed by atoms with Gasteiger partial charge in [0.25, 0.3) is 11.5 Å². The Kier molecular flexibility index (Phi) is 6.32. The van der Waals surface area contributed by atoms with Crippen LogP contribution in [0.15, 0.2) is 59.4 Å². The minimum atomic E-state index is -4.54. The fourth-order valence-electron chi connectivity index (χ4n) is 4.00. The molecule has 5 nitrogen and oxygen atoms in total. The van der Waals surface area contributed by atoms with Crippen molar-refractivity contribution in [3.63, 3.8) is 0 Å². The van der Waals surface area contributed by atoms with Crippen LogP contribution in [0.2, 0.25) is 0 Å². The first-order valence-corrected chi connectivity index (χ1v) is 10.5. The Labute approximate surface area is 182 Å². The molecule has 0 aliphatic carbocycles. The number of aromatic amines is 1. The normalized spacial score (nSPS) is 15.1. The maximum Gasteiger partial charge on any atom is 0.416 e. The summed E-state index contributed by atoms with van der Waals surface area (Å²) in [5.41, 5.74) is -0.817. The number of benzene rings is 2. The number of nitrogens with one attached hydrogen (secondary N) is 1. The average molecular weight is 444 g/mol. The summed E-state index contributed by atoms with van der Waals surface area (Å²) < 4.78 is 45.3. The molecule has 1 fully saturated rings. The summed E-state index contributed by atoms with van der Waals surface area (Å²) >= 11 is 0. The number of ether oxygens (including phenoxy) is 1. The summed E-state index contributed by atoms with van der Waals surface area (Å²) in [6.45, 7) is 1.47. The summed E-state index contributed by atoms with van der Waals surface area (Å²) in [5.74, 6) is -0.317. The number of halogens is 3. The van der Waals surface area contributed by atoms with E-state index in [1.807, 2.05) is 0 Å². The highest BCUT2D eigenvalue weighted by atomic mass is 19.4. The number of hydrogen-bond acceptors (Lipinski definition) is 3. The lowest BCUT2D eigenvalue weighted by Crippen LogP contribution is -2.37. The highest BCUT2D eigenvalue weighted by Gasteiger charge is 2.32. The lowest BCUT2D eigenvalue weighted by atomic mass is 9.96. The van der Waals surface area contributed by atoms with Gasteiger partial charge in [-0.2, -0.15) is 13.2 Å². The number of anilines is 1. The molecule has 2 heterocycles. The van der Waals surface area contributed by atoms with Crippen LogP contribution in [-0.4, -0.2) is 30.6 Å². The monoisotopic (exact) mass is 444 g/mol. The molecule has 1 aliphatic rings. The van der Waals surface area contributed by atoms with Crippen LogP contribution in [-0.2, 0) is 10.9 Å². The summed E-state index contributed by atoms with van der Waals surface area (Å²) in [6, 6.07) is 13.2. The van der Waals surface area contributed by atoms with E-state index in [4.69, 9.17) is 4.74 Å². The molecule has 0 saturated carbocycles. The maximum atomic E-state index is 13.4. The second kappa shape index (κ2) is 9.16. The van der Waals surface area contributed by atoms with Gasteiger partial charge in [0.05, 0.1) is 5.56 Å². The van der Waals surface area contributed by atoms with E-state index in [1.54, 1.807) is 24.3 Å². The standard InChI is InChI=1S/C24H23F3N2O3/c25-24(26,27)18-5-3-6-19(15-18)29(11-8-16-9-12-32-13-10-16)23(31)20-14-17-4-1-2-7-21(17)28-22(20)30/h1-7,14-16H,8-13H2,(H,28,30). The van der Waals surface area contributed by atoms with Crippen molar-refractivity contribution >= 4 is 22.5 Å². The van der Waals surface area contributed by atoms with Gasteiger partial charge < -0.3 is 14.6 Å². The molecule has 0 spiro atoms. The fraction of sp³-hybridized carbons (Fsp3) is 0.333. The van der Waals surface area contributed by atoms with Crippen LogP contribution in [0.5, 0.6) is 0 Å². The first kappa shape index (κ1) is 22.1. The van der Waals surface area contributed by atoms with E-state index in [2.05, 4.69) is 4.98 Å². The van der Waals surface area contributed by atoms with E-state index in [1.165, 1.54) is 23.1 Å². The zero-order valence-corrected chi connectivity index (χ0v) is 17.3. The van der Waals surface area contributed by atoms with Crippen molar-refractivity contribution in [2.45, 2.75) is 25.4 Å². The second-order valence-corrected chi connectivity index (χ2v) is 7.95. The number of para-hydroxylation sites is 1. The quantitative estimate of drug-likeness (QED) is 0.602. The van der Waals surface area contributed by atoms with Crippen molar-refractivity contribution in [3.8, 4) is 0 Å². The molecular formula is C24H23F3N2O3. The first-order valence-electron chi connectivity index (χ1n) is 10.5. The number of carbonyl (C=O) groups is 1. The van der Waals surface area contributed by atoms with Gasteiger partial charge in [-0.15, -0.1) is 0 Å². The Morgan fingerprint density at radius 2 is 1.81 bits per heavy atom. The van der Waals surface area contributed by atoms with Gasteiger partial charge in [0, 0.05) is 31.0 Å². The van der Waals surface area contributed by atoms with E-state index in [0.29, 0.717) is 36.5 Å². The number of carbonyl (C=O) groups excluding carboxylic acids is 1. The highest BCUT2D eigenvalue weighted by molar-refractivity contribution is 6.07. The molecule has 1 saturated heterocycles. The number of alkyl halides is 3. The molecule has 1 N–H and O–H groups in total. The van der Waals surface area contributed by atoms with Gasteiger partial charge in [-0.3, -0.25) is 9.59 Å². The zero-order valence-electron chi connectivity index (χ0n) is 17.3. The molecule has 0 bridgehead atoms. The zero-order chi connectivity index (χ0) is 22.7. The van der Waals surface area contributed by atoms with Crippen LogP contribution >= 0.6 is 0 Å². The number of amides is 1. The number of rotatable bonds is 5. The van der Waals surface area contributed by atoms with Crippen molar-refractivity contribution in [1.29, 1.82) is 0 Å². The predicted octanol–water partition coefficient (Wildman–Crippen LogP) is 5.01. The van der Waals surface area contributed by atoms with E-state index in [0.717, 1.165) is 25.0 Å². The first-order chi connectivity index (χ1) is 15.3. The average Bonchev–Trinajstić information content (AvgIpc) is 2.79. The largest absolute Gasteiger partial charge is 0.416 e. The molecule has 3 aromatic rings. The Bertz CT molecular complexity index is 1170. The van der Waals surface area contributed by atoms with E-state index >= 15 is 0 Å². The maximum absolute atomic E-state index is 13.4. The molecule has 32 heavy (non-hydrogen) atoms. The van der Waals surface area contributed by atoms with Crippen molar-refractivity contribution < 1.29 is 22.7 Å². The molecule has 8 heteroatoms. The van der Waals surface area contributed by atoms with Crippen molar-refractivity contribution in [3.05, 3.63) is 76.1 Å². The number of aromatic nitrogens is 1. The Balaban J connectivity index is 1.70. The van der Waals surface area contributed by atoms with E-state index in [-0.39, 0.29) is 17.8 Å². The summed E-state index contributed by atoms with van der Waals surface area (Å²) in [7, 11) is 0. The van der Waals surface area contributed by atoms with Crippen molar-refractivity contribution in [2.24, 2.45) is 5.92 Å². The van der Waals surface area contributed by atoms with Gasteiger partial charge in [0.2, 0.25) is 0 Å². The van der Waals surface area contributed by atoms with E-state index < -0.39 is 23.2 Å². The fourth-order valence-corrected chi connectivity index (χ4v) is 4.00.